The molecular formula is C28H21N3O5S. The molecular weight excluding hydrogens is 490 g/mol. The Morgan fingerprint density at radius 1 is 1.11 bits per heavy atom. The first kappa shape index (κ1) is 22.9. The van der Waals surface area contributed by atoms with Crippen LogP contribution in [-0.4, -0.2) is 28.9 Å². The number of carbonyl (C=O) groups is 1. The predicted molar refractivity (Wildman–Crippen MR) is 138 cm³/mol. The Morgan fingerprint density at radius 3 is 2.68 bits per heavy atom. The number of esters is 1. The van der Waals surface area contributed by atoms with E-state index in [2.05, 4.69) is 4.98 Å². The van der Waals surface area contributed by atoms with Gasteiger partial charge in [0.1, 0.15) is 0 Å². The summed E-state index contributed by atoms with van der Waals surface area (Å²) in [7, 11) is 0. The van der Waals surface area contributed by atoms with E-state index in [1.807, 2.05) is 48.5 Å². The van der Waals surface area contributed by atoms with Gasteiger partial charge in [-0.3, -0.25) is 14.3 Å². The fraction of sp³-hybridized carbons (Fsp3) is 0.143. The minimum Gasteiger partial charge on any atom is -0.463 e. The maximum Gasteiger partial charge on any atom is 0.338 e. The average Bonchev–Trinajstić information content (AvgIpc) is 3.52. The maximum atomic E-state index is 13.8. The zero-order chi connectivity index (χ0) is 25.4. The van der Waals surface area contributed by atoms with E-state index in [1.165, 1.54) is 11.3 Å². The van der Waals surface area contributed by atoms with Crippen LogP contribution in [0, 0.1) is 0 Å². The molecule has 8 nitrogen and oxygen atoms in total. The van der Waals surface area contributed by atoms with Gasteiger partial charge in [0, 0.05) is 18.0 Å². The molecule has 4 heterocycles. The number of carbonyl (C=O) groups excluding carboxylic acids is 1. The van der Waals surface area contributed by atoms with Gasteiger partial charge in [0.2, 0.25) is 6.79 Å². The zero-order valence-electron chi connectivity index (χ0n) is 19.8. The molecule has 0 spiro atoms. The Morgan fingerprint density at radius 2 is 1.89 bits per heavy atom. The van der Waals surface area contributed by atoms with Gasteiger partial charge in [-0.05, 0) is 48.4 Å². The minimum atomic E-state index is -0.778. The Labute approximate surface area is 215 Å². The topological polar surface area (TPSA) is 92.0 Å². The van der Waals surface area contributed by atoms with Gasteiger partial charge >= 0.3 is 5.97 Å². The summed E-state index contributed by atoms with van der Waals surface area (Å²) in [6, 6.07) is 17.8. The van der Waals surface area contributed by atoms with Crippen molar-refractivity contribution >= 4 is 29.1 Å². The molecule has 2 aromatic heterocycles. The van der Waals surface area contributed by atoms with Crippen LogP contribution in [-0.2, 0) is 9.53 Å². The highest BCUT2D eigenvalue weighted by molar-refractivity contribution is 7.07. The van der Waals surface area contributed by atoms with E-state index in [-0.39, 0.29) is 24.5 Å². The summed E-state index contributed by atoms with van der Waals surface area (Å²) in [5.74, 6) is 0.632. The van der Waals surface area contributed by atoms with Crippen molar-refractivity contribution in [1.29, 1.82) is 0 Å². The lowest BCUT2D eigenvalue weighted by Gasteiger charge is -2.26. The molecule has 0 aliphatic carbocycles. The van der Waals surface area contributed by atoms with E-state index in [4.69, 9.17) is 19.2 Å². The molecule has 184 valence electrons. The summed E-state index contributed by atoms with van der Waals surface area (Å²) in [6.45, 7) is 2.05. The molecule has 2 aliphatic rings. The van der Waals surface area contributed by atoms with Crippen molar-refractivity contribution in [3.8, 4) is 11.5 Å². The standard InChI is InChI=1S/C28H21N3O5S/c1-2-34-27(33)23-24(18-6-4-3-5-7-18)30-28-31(25(23)19-8-9-20-21(15-19)36-16-35-20)26(32)22(37-28)14-17-10-12-29-13-11-17/h3-15,25H,2,16H2,1H3/b22-14+/t25-/m1/s1. The van der Waals surface area contributed by atoms with E-state index < -0.39 is 12.0 Å². The number of ether oxygens (including phenoxy) is 3. The number of pyridine rings is 1. The minimum absolute atomic E-state index is 0.114. The fourth-order valence-corrected chi connectivity index (χ4v) is 5.45. The Balaban J connectivity index is 1.66. The number of thiazole rings is 1. The third kappa shape index (κ3) is 4.13. The van der Waals surface area contributed by atoms with Crippen molar-refractivity contribution in [2.24, 2.45) is 4.99 Å². The van der Waals surface area contributed by atoms with Crippen molar-refractivity contribution in [2.75, 3.05) is 13.4 Å². The lowest BCUT2D eigenvalue weighted by Crippen LogP contribution is -2.40. The first-order valence-electron chi connectivity index (χ1n) is 11.7. The van der Waals surface area contributed by atoms with Crippen molar-refractivity contribution in [1.82, 2.24) is 9.55 Å². The van der Waals surface area contributed by atoms with E-state index >= 15 is 0 Å². The molecule has 0 N–H and O–H groups in total. The Kier molecular flexibility index (Phi) is 5.90. The molecule has 0 fully saturated rings. The van der Waals surface area contributed by atoms with E-state index in [0.29, 0.717) is 32.1 Å². The van der Waals surface area contributed by atoms with Crippen molar-refractivity contribution < 1.29 is 19.0 Å². The molecule has 2 aliphatic heterocycles. The first-order valence-corrected chi connectivity index (χ1v) is 12.5. The SMILES string of the molecule is CCOC(=O)C1=C(c2ccccc2)N=c2s/c(=C/c3ccncc3)c(=O)n2[C@@H]1c1ccc2c(c1)OCO2. The number of hydrogen-bond donors (Lipinski definition) is 0. The van der Waals surface area contributed by atoms with Crippen LogP contribution in [0.1, 0.15) is 29.7 Å². The fourth-order valence-electron chi connectivity index (χ4n) is 4.45. The number of aromatic nitrogens is 2. The number of hydrogen-bond acceptors (Lipinski definition) is 8. The van der Waals surface area contributed by atoms with Crippen LogP contribution in [0.5, 0.6) is 11.5 Å². The summed E-state index contributed by atoms with van der Waals surface area (Å²) in [5.41, 5.74) is 2.79. The van der Waals surface area contributed by atoms with Crippen molar-refractivity contribution in [2.45, 2.75) is 13.0 Å². The van der Waals surface area contributed by atoms with Crippen LogP contribution in [0.3, 0.4) is 0 Å². The molecule has 0 amide bonds. The molecule has 2 aromatic carbocycles. The third-order valence-electron chi connectivity index (χ3n) is 6.09. The number of benzene rings is 2. The van der Waals surface area contributed by atoms with Crippen molar-refractivity contribution in [3.63, 3.8) is 0 Å². The number of fused-ring (bicyclic) bond motifs is 2. The van der Waals surface area contributed by atoms with Gasteiger partial charge in [0.15, 0.2) is 16.3 Å². The third-order valence-corrected chi connectivity index (χ3v) is 7.07. The number of rotatable bonds is 5. The highest BCUT2D eigenvalue weighted by atomic mass is 32.1. The van der Waals surface area contributed by atoms with Gasteiger partial charge in [-0.25, -0.2) is 9.79 Å². The van der Waals surface area contributed by atoms with Crippen LogP contribution in [0.25, 0.3) is 11.8 Å². The summed E-state index contributed by atoms with van der Waals surface area (Å²) < 4.78 is 18.7. The Hall–Kier alpha value is -4.50. The molecule has 0 unspecified atom stereocenters. The monoisotopic (exact) mass is 511 g/mol. The smallest absolute Gasteiger partial charge is 0.338 e. The molecule has 0 saturated heterocycles. The number of nitrogens with zero attached hydrogens (tertiary/aromatic N) is 3. The van der Waals surface area contributed by atoms with Gasteiger partial charge in [0.05, 0.1) is 28.5 Å². The van der Waals surface area contributed by atoms with Gasteiger partial charge in [-0.15, -0.1) is 0 Å². The largest absolute Gasteiger partial charge is 0.463 e. The molecule has 4 aromatic rings. The van der Waals surface area contributed by atoms with Crippen LogP contribution in [0.2, 0.25) is 0 Å². The predicted octanol–water partition coefficient (Wildman–Crippen LogP) is 3.06. The van der Waals surface area contributed by atoms with Gasteiger partial charge < -0.3 is 14.2 Å². The van der Waals surface area contributed by atoms with Gasteiger partial charge in [-0.2, -0.15) is 0 Å². The molecule has 6 rings (SSSR count). The lowest BCUT2D eigenvalue weighted by atomic mass is 9.93. The molecule has 1 atom stereocenters. The van der Waals surface area contributed by atoms with Crippen molar-refractivity contribution in [3.05, 3.63) is 115 Å². The summed E-state index contributed by atoms with van der Waals surface area (Å²) in [6.07, 6.45) is 5.15. The lowest BCUT2D eigenvalue weighted by molar-refractivity contribution is -0.138. The first-order chi connectivity index (χ1) is 18.1. The van der Waals surface area contributed by atoms with Crippen LogP contribution in [0.15, 0.2) is 88.4 Å². The van der Waals surface area contributed by atoms with Gasteiger partial charge in [-0.1, -0.05) is 47.7 Å². The van der Waals surface area contributed by atoms with E-state index in [1.54, 1.807) is 42.1 Å². The second-order valence-electron chi connectivity index (χ2n) is 8.32. The highest BCUT2D eigenvalue weighted by Gasteiger charge is 2.36. The van der Waals surface area contributed by atoms with Crippen LogP contribution >= 0.6 is 11.3 Å². The summed E-state index contributed by atoms with van der Waals surface area (Å²) in [4.78, 5) is 36.7. The highest BCUT2D eigenvalue weighted by Crippen LogP contribution is 2.39. The molecule has 9 heteroatoms. The van der Waals surface area contributed by atoms with E-state index in [9.17, 15) is 9.59 Å². The zero-order valence-corrected chi connectivity index (χ0v) is 20.6. The molecule has 37 heavy (non-hydrogen) atoms. The average molecular weight is 512 g/mol. The second-order valence-corrected chi connectivity index (χ2v) is 9.33. The van der Waals surface area contributed by atoms with Gasteiger partial charge in [0.25, 0.3) is 5.56 Å². The van der Waals surface area contributed by atoms with Crippen LogP contribution in [0.4, 0.5) is 0 Å². The molecule has 0 bridgehead atoms. The second kappa shape index (κ2) is 9.51. The maximum absolute atomic E-state index is 13.8. The molecule has 0 radical (unpaired) electrons. The summed E-state index contributed by atoms with van der Waals surface area (Å²) >= 11 is 1.27. The quantitative estimate of drug-likeness (QED) is 0.383. The summed E-state index contributed by atoms with van der Waals surface area (Å²) in [5, 5.41) is 0. The molecule has 0 saturated carbocycles. The van der Waals surface area contributed by atoms with E-state index in [0.717, 1.165) is 11.1 Å². The Bertz CT molecular complexity index is 1710. The normalized spacial score (nSPS) is 16.4. The van der Waals surface area contributed by atoms with Crippen LogP contribution < -0.4 is 24.4 Å².